The molecular weight excluding hydrogens is 563 g/mol. The Morgan fingerprint density at radius 1 is 1.11 bits per heavy atom. The van der Waals surface area contributed by atoms with E-state index in [2.05, 4.69) is 32.3 Å². The molecule has 0 amide bonds. The van der Waals surface area contributed by atoms with Crippen molar-refractivity contribution in [3.05, 3.63) is 98.8 Å². The van der Waals surface area contributed by atoms with E-state index in [1.54, 1.807) is 0 Å². The van der Waals surface area contributed by atoms with E-state index in [-0.39, 0.29) is 26.9 Å². The van der Waals surface area contributed by atoms with Crippen molar-refractivity contribution in [2.75, 3.05) is 11.3 Å². The van der Waals surface area contributed by atoms with Crippen LogP contribution in [-0.4, -0.2) is 24.4 Å². The molecule has 4 aromatic rings. The molecule has 3 aromatic carbocycles. The van der Waals surface area contributed by atoms with Gasteiger partial charge >= 0.3 is 0 Å². The standard InChI is InChI=1S/C27H20Cl2N4O3S2/c28-21-5-1-3-19-24(21)18-9-10-27(19,20-4-2-6-22(29)25(18)20)11-12-36-23-8-7-17(13-16(23)14-30)38(34,35)33-26-31-15-32-37-26/h1-8,13,15,18H,9-12H2,(H,31,32,33). The third kappa shape index (κ3) is 4.03. The van der Waals surface area contributed by atoms with E-state index in [4.69, 9.17) is 27.9 Å². The van der Waals surface area contributed by atoms with Crippen LogP contribution in [0.3, 0.4) is 0 Å². The van der Waals surface area contributed by atoms with Gasteiger partial charge in [0, 0.05) is 32.9 Å². The summed E-state index contributed by atoms with van der Waals surface area (Å²) in [7, 11) is -3.93. The van der Waals surface area contributed by atoms with Gasteiger partial charge in [-0.25, -0.2) is 13.4 Å². The summed E-state index contributed by atoms with van der Waals surface area (Å²) in [6, 6.07) is 18.4. The maximum atomic E-state index is 12.7. The summed E-state index contributed by atoms with van der Waals surface area (Å²) in [5.74, 6) is 0.486. The van der Waals surface area contributed by atoms with E-state index in [9.17, 15) is 13.7 Å². The number of hydrogen-bond acceptors (Lipinski definition) is 7. The van der Waals surface area contributed by atoms with Gasteiger partial charge in [0.25, 0.3) is 10.0 Å². The summed E-state index contributed by atoms with van der Waals surface area (Å²) in [5.41, 5.74) is 4.47. The number of nitriles is 1. The molecule has 1 heterocycles. The Morgan fingerprint density at radius 2 is 1.82 bits per heavy atom. The van der Waals surface area contributed by atoms with E-state index < -0.39 is 10.0 Å². The molecule has 1 aromatic heterocycles. The molecule has 0 fully saturated rings. The Kier molecular flexibility index (Phi) is 6.31. The molecule has 11 heteroatoms. The molecule has 0 saturated carbocycles. The number of anilines is 1. The third-order valence-corrected chi connectivity index (χ3v) is 10.1. The Labute approximate surface area is 234 Å². The van der Waals surface area contributed by atoms with Crippen LogP contribution in [0.2, 0.25) is 10.0 Å². The van der Waals surface area contributed by atoms with Gasteiger partial charge in [0.2, 0.25) is 5.13 Å². The van der Waals surface area contributed by atoms with E-state index in [1.165, 1.54) is 35.7 Å². The highest BCUT2D eigenvalue weighted by molar-refractivity contribution is 7.93. The lowest BCUT2D eigenvalue weighted by Crippen LogP contribution is -2.41. The van der Waals surface area contributed by atoms with Crippen molar-refractivity contribution in [3.8, 4) is 11.8 Å². The highest BCUT2D eigenvalue weighted by atomic mass is 35.5. The predicted octanol–water partition coefficient (Wildman–Crippen LogP) is 6.51. The van der Waals surface area contributed by atoms with Crippen molar-refractivity contribution in [2.24, 2.45) is 0 Å². The molecule has 38 heavy (non-hydrogen) atoms. The van der Waals surface area contributed by atoms with Crippen molar-refractivity contribution in [3.63, 3.8) is 0 Å². The van der Waals surface area contributed by atoms with Crippen LogP contribution in [-0.2, 0) is 15.4 Å². The Bertz CT molecular complexity index is 1650. The fourth-order valence-corrected chi connectivity index (χ4v) is 8.17. The second kappa shape index (κ2) is 9.54. The molecular formula is C27H20Cl2N4O3S2. The van der Waals surface area contributed by atoms with Crippen LogP contribution in [0.5, 0.6) is 5.75 Å². The molecule has 0 atom stereocenters. The zero-order valence-corrected chi connectivity index (χ0v) is 23.0. The summed E-state index contributed by atoms with van der Waals surface area (Å²) >= 11 is 14.3. The first-order chi connectivity index (χ1) is 18.3. The lowest BCUT2D eigenvalue weighted by atomic mass is 9.54. The average molecular weight is 584 g/mol. The predicted molar refractivity (Wildman–Crippen MR) is 147 cm³/mol. The van der Waals surface area contributed by atoms with Gasteiger partial charge < -0.3 is 4.74 Å². The zero-order valence-electron chi connectivity index (χ0n) is 19.8. The number of fused-ring (bicyclic) bond motifs is 1. The average Bonchev–Trinajstić information content (AvgIpc) is 3.42. The monoisotopic (exact) mass is 582 g/mol. The number of ether oxygens (including phenoxy) is 1. The quantitative estimate of drug-likeness (QED) is 0.266. The molecule has 0 saturated heterocycles. The molecule has 0 unspecified atom stereocenters. The van der Waals surface area contributed by atoms with E-state index in [0.717, 1.165) is 45.5 Å². The van der Waals surface area contributed by atoms with Crippen LogP contribution in [0.25, 0.3) is 0 Å². The Morgan fingerprint density at radius 3 is 2.45 bits per heavy atom. The number of hydrogen-bond donors (Lipinski definition) is 1. The maximum absolute atomic E-state index is 12.7. The number of halogens is 2. The second-order valence-electron chi connectivity index (χ2n) is 9.30. The van der Waals surface area contributed by atoms with Crippen LogP contribution in [0.15, 0.2) is 65.8 Å². The molecule has 0 spiro atoms. The highest BCUT2D eigenvalue weighted by Crippen LogP contribution is 2.60. The van der Waals surface area contributed by atoms with Crippen LogP contribution in [0, 0.1) is 11.3 Å². The Balaban J connectivity index is 1.29. The second-order valence-corrected chi connectivity index (χ2v) is 12.6. The highest BCUT2D eigenvalue weighted by Gasteiger charge is 2.49. The topological polar surface area (TPSA) is 105 Å². The van der Waals surface area contributed by atoms with E-state index >= 15 is 0 Å². The van der Waals surface area contributed by atoms with Gasteiger partial charge in [0.1, 0.15) is 18.1 Å². The first-order valence-corrected chi connectivity index (χ1v) is 14.9. The molecule has 0 radical (unpaired) electrons. The van der Waals surface area contributed by atoms with Crippen molar-refractivity contribution in [1.82, 2.24) is 9.36 Å². The molecule has 3 aliphatic rings. The van der Waals surface area contributed by atoms with Gasteiger partial charge in [0.05, 0.1) is 17.1 Å². The minimum absolute atomic E-state index is 0.0621. The minimum Gasteiger partial charge on any atom is -0.492 e. The summed E-state index contributed by atoms with van der Waals surface area (Å²) < 4.78 is 37.7. The van der Waals surface area contributed by atoms with Crippen molar-refractivity contribution in [2.45, 2.75) is 35.5 Å². The van der Waals surface area contributed by atoms with Gasteiger partial charge in [-0.1, -0.05) is 47.5 Å². The summed E-state index contributed by atoms with van der Waals surface area (Å²) in [6.07, 6.45) is 3.77. The summed E-state index contributed by atoms with van der Waals surface area (Å²) in [4.78, 5) is 3.78. The first-order valence-electron chi connectivity index (χ1n) is 11.9. The van der Waals surface area contributed by atoms with Gasteiger partial charge in [-0.3, -0.25) is 4.72 Å². The minimum atomic E-state index is -3.93. The molecule has 192 valence electrons. The van der Waals surface area contributed by atoms with Crippen molar-refractivity contribution >= 4 is 49.9 Å². The molecule has 3 aliphatic carbocycles. The van der Waals surface area contributed by atoms with Crippen LogP contribution >= 0.6 is 34.7 Å². The summed E-state index contributed by atoms with van der Waals surface area (Å²) in [6.45, 7) is 0.312. The molecule has 0 aliphatic heterocycles. The molecule has 7 rings (SSSR count). The molecule has 1 N–H and O–H groups in total. The van der Waals surface area contributed by atoms with Crippen molar-refractivity contribution in [1.29, 1.82) is 5.26 Å². The number of nitrogens with one attached hydrogen (secondary N) is 1. The number of rotatable bonds is 7. The Hall–Kier alpha value is -3.16. The fraction of sp³-hybridized carbons (Fsp3) is 0.222. The van der Waals surface area contributed by atoms with E-state index in [1.807, 2.05) is 24.3 Å². The SMILES string of the molecule is N#Cc1cc(S(=O)(=O)Nc2ncns2)ccc1OCCC12CCC(c3c(Cl)cccc31)c1c(Cl)cccc12. The third-order valence-electron chi connectivity index (χ3n) is 7.44. The number of benzene rings is 3. The number of aromatic nitrogens is 2. The van der Waals surface area contributed by atoms with Gasteiger partial charge in [-0.15, -0.1) is 0 Å². The molecule has 2 bridgehead atoms. The van der Waals surface area contributed by atoms with Gasteiger partial charge in [-0.05, 0) is 71.8 Å². The maximum Gasteiger partial charge on any atom is 0.263 e. The largest absolute Gasteiger partial charge is 0.492 e. The lowest BCUT2D eigenvalue weighted by molar-refractivity contribution is 0.247. The van der Waals surface area contributed by atoms with Crippen LogP contribution in [0.4, 0.5) is 5.13 Å². The zero-order chi connectivity index (χ0) is 26.5. The number of nitrogens with zero attached hydrogens (tertiary/aromatic N) is 3. The number of sulfonamides is 1. The summed E-state index contributed by atoms with van der Waals surface area (Å²) in [5, 5.41) is 11.4. The van der Waals surface area contributed by atoms with Crippen LogP contribution in [0.1, 0.15) is 53.0 Å². The van der Waals surface area contributed by atoms with Gasteiger partial charge in [0.15, 0.2) is 0 Å². The normalized spacial score (nSPS) is 19.3. The van der Waals surface area contributed by atoms with Gasteiger partial charge in [-0.2, -0.15) is 9.64 Å². The smallest absolute Gasteiger partial charge is 0.263 e. The fourth-order valence-electron chi connectivity index (χ4n) is 5.87. The lowest BCUT2D eigenvalue weighted by Gasteiger charge is -2.50. The van der Waals surface area contributed by atoms with E-state index in [0.29, 0.717) is 18.8 Å². The molecule has 7 nitrogen and oxygen atoms in total. The van der Waals surface area contributed by atoms with Crippen molar-refractivity contribution < 1.29 is 13.2 Å². The first kappa shape index (κ1) is 25.1. The van der Waals surface area contributed by atoms with Crippen LogP contribution < -0.4 is 9.46 Å².